The highest BCUT2D eigenvalue weighted by Gasteiger charge is 2.30. The Kier molecular flexibility index (Phi) is 4.00. The fourth-order valence-electron chi connectivity index (χ4n) is 3.29. The van der Waals surface area contributed by atoms with Crippen LogP contribution in [0.1, 0.15) is 43.9 Å². The minimum atomic E-state index is 0.855. The molecule has 2 fully saturated rings. The zero-order valence-corrected chi connectivity index (χ0v) is 12.1. The second-order valence-corrected chi connectivity index (χ2v) is 7.26. The highest BCUT2D eigenvalue weighted by Crippen LogP contribution is 2.36. The Balaban J connectivity index is 1.57. The Morgan fingerprint density at radius 1 is 1.28 bits per heavy atom. The third kappa shape index (κ3) is 3.33. The maximum atomic E-state index is 4.22. The Morgan fingerprint density at radius 3 is 2.89 bits per heavy atom. The van der Waals surface area contributed by atoms with Crippen molar-refractivity contribution in [1.82, 2.24) is 10.3 Å². The molecule has 2 aliphatic rings. The molecule has 0 radical (unpaired) electrons. The lowest BCUT2D eigenvalue weighted by Crippen LogP contribution is -2.34. The number of hydrogen-bond donors (Lipinski definition) is 1. The molecule has 3 heteroatoms. The average Bonchev–Trinajstić information content (AvgIpc) is 3.05. The molecule has 0 spiro atoms. The molecule has 1 aromatic heterocycles. The van der Waals surface area contributed by atoms with Crippen LogP contribution in [0.3, 0.4) is 0 Å². The molecular weight excluding hydrogens is 240 g/mol. The van der Waals surface area contributed by atoms with Crippen LogP contribution in [0.2, 0.25) is 0 Å². The maximum Gasteiger partial charge on any atom is 0.0794 e. The molecule has 0 aliphatic heterocycles. The third-order valence-electron chi connectivity index (χ3n) is 4.59. The first-order valence-electron chi connectivity index (χ1n) is 7.42. The second-order valence-electron chi connectivity index (χ2n) is 6.29. The zero-order chi connectivity index (χ0) is 12.4. The number of aromatic nitrogens is 1. The summed E-state index contributed by atoms with van der Waals surface area (Å²) in [6, 6.07) is 0.855. The quantitative estimate of drug-likeness (QED) is 0.880. The van der Waals surface area contributed by atoms with Crippen molar-refractivity contribution in [1.29, 1.82) is 0 Å². The van der Waals surface area contributed by atoms with Gasteiger partial charge in [0.25, 0.3) is 0 Å². The van der Waals surface area contributed by atoms with E-state index in [-0.39, 0.29) is 0 Å². The average molecular weight is 264 g/mol. The lowest BCUT2D eigenvalue weighted by atomic mass is 9.73. The van der Waals surface area contributed by atoms with E-state index in [1.54, 1.807) is 0 Å². The summed E-state index contributed by atoms with van der Waals surface area (Å²) in [6.07, 6.45) is 10.4. The van der Waals surface area contributed by atoms with Gasteiger partial charge in [-0.15, -0.1) is 11.3 Å². The number of nitrogens with zero attached hydrogens (tertiary/aromatic N) is 1. The summed E-state index contributed by atoms with van der Waals surface area (Å²) in [5.74, 6) is 2.68. The van der Waals surface area contributed by atoms with Gasteiger partial charge in [0.15, 0.2) is 0 Å². The maximum absolute atomic E-state index is 4.22. The van der Waals surface area contributed by atoms with Gasteiger partial charge in [0.05, 0.1) is 5.51 Å². The molecule has 1 aromatic rings. The van der Waals surface area contributed by atoms with Crippen molar-refractivity contribution in [3.8, 4) is 0 Å². The van der Waals surface area contributed by atoms with Crippen LogP contribution in [-0.4, -0.2) is 17.6 Å². The number of rotatable bonds is 5. The predicted molar refractivity (Wildman–Crippen MR) is 76.8 cm³/mol. The molecule has 2 nitrogen and oxygen atoms in total. The van der Waals surface area contributed by atoms with Crippen LogP contribution in [-0.2, 0) is 6.42 Å². The van der Waals surface area contributed by atoms with Gasteiger partial charge in [-0.2, -0.15) is 0 Å². The molecule has 0 bridgehead atoms. The van der Waals surface area contributed by atoms with Gasteiger partial charge >= 0.3 is 0 Å². The molecule has 2 saturated carbocycles. The minimum Gasteiger partial charge on any atom is -0.314 e. The van der Waals surface area contributed by atoms with Gasteiger partial charge in [0.1, 0.15) is 0 Å². The topological polar surface area (TPSA) is 24.9 Å². The monoisotopic (exact) mass is 264 g/mol. The summed E-state index contributed by atoms with van der Waals surface area (Å²) in [5, 5.41) is 3.74. The van der Waals surface area contributed by atoms with Crippen LogP contribution in [0, 0.1) is 17.8 Å². The lowest BCUT2D eigenvalue weighted by Gasteiger charge is -2.35. The molecule has 3 atom stereocenters. The lowest BCUT2D eigenvalue weighted by molar-refractivity contribution is 0.184. The molecule has 0 aromatic carbocycles. The van der Waals surface area contributed by atoms with Crippen molar-refractivity contribution in [2.24, 2.45) is 17.8 Å². The molecule has 0 saturated heterocycles. The Hall–Kier alpha value is -0.410. The fraction of sp³-hybridized carbons (Fsp3) is 0.800. The standard InChI is InChI=1S/C15H24N2S/c1-11-2-3-12(8-17-14-4-5-14)13(6-11)7-15-9-16-10-18-15/h9-14,17H,2-8H2,1H3. The summed E-state index contributed by atoms with van der Waals surface area (Å²) in [4.78, 5) is 5.70. The Labute approximate surface area is 114 Å². The van der Waals surface area contributed by atoms with E-state index >= 15 is 0 Å². The van der Waals surface area contributed by atoms with E-state index in [1.165, 1.54) is 49.9 Å². The first-order chi connectivity index (χ1) is 8.81. The van der Waals surface area contributed by atoms with Gasteiger partial charge in [-0.25, -0.2) is 0 Å². The SMILES string of the molecule is CC1CCC(CNC2CC2)C(Cc2cncs2)C1. The highest BCUT2D eigenvalue weighted by atomic mass is 32.1. The first-order valence-corrected chi connectivity index (χ1v) is 8.30. The van der Waals surface area contributed by atoms with Crippen molar-refractivity contribution in [3.63, 3.8) is 0 Å². The summed E-state index contributed by atoms with van der Waals surface area (Å²) >= 11 is 1.83. The second kappa shape index (κ2) is 5.70. The van der Waals surface area contributed by atoms with E-state index in [1.807, 2.05) is 16.8 Å². The minimum absolute atomic E-state index is 0.855. The third-order valence-corrected chi connectivity index (χ3v) is 5.40. The van der Waals surface area contributed by atoms with Gasteiger partial charge in [-0.05, 0) is 56.4 Å². The van der Waals surface area contributed by atoms with Crippen molar-refractivity contribution in [2.45, 2.75) is 51.5 Å². The van der Waals surface area contributed by atoms with E-state index in [9.17, 15) is 0 Å². The van der Waals surface area contributed by atoms with Gasteiger partial charge in [-0.1, -0.05) is 13.3 Å². The van der Waals surface area contributed by atoms with Gasteiger partial charge in [0, 0.05) is 17.1 Å². The Morgan fingerprint density at radius 2 is 2.17 bits per heavy atom. The number of thiazole rings is 1. The van der Waals surface area contributed by atoms with Crippen molar-refractivity contribution in [3.05, 3.63) is 16.6 Å². The Bertz CT molecular complexity index is 359. The largest absolute Gasteiger partial charge is 0.314 e. The van der Waals surface area contributed by atoms with E-state index < -0.39 is 0 Å². The summed E-state index contributed by atoms with van der Waals surface area (Å²) in [5.41, 5.74) is 1.97. The van der Waals surface area contributed by atoms with E-state index in [4.69, 9.17) is 0 Å². The molecule has 1 heterocycles. The van der Waals surface area contributed by atoms with E-state index in [0.29, 0.717) is 0 Å². The van der Waals surface area contributed by atoms with Crippen molar-refractivity contribution in [2.75, 3.05) is 6.54 Å². The van der Waals surface area contributed by atoms with Crippen LogP contribution >= 0.6 is 11.3 Å². The van der Waals surface area contributed by atoms with E-state index in [2.05, 4.69) is 23.4 Å². The van der Waals surface area contributed by atoms with Crippen LogP contribution in [0.4, 0.5) is 0 Å². The first kappa shape index (κ1) is 12.6. The number of nitrogens with one attached hydrogen (secondary N) is 1. The molecule has 100 valence electrons. The van der Waals surface area contributed by atoms with Crippen LogP contribution in [0.15, 0.2) is 11.7 Å². The van der Waals surface area contributed by atoms with Crippen molar-refractivity contribution < 1.29 is 0 Å². The van der Waals surface area contributed by atoms with Crippen molar-refractivity contribution >= 4 is 11.3 Å². The number of hydrogen-bond acceptors (Lipinski definition) is 3. The molecule has 2 aliphatic carbocycles. The molecule has 3 rings (SSSR count). The summed E-state index contributed by atoms with van der Waals surface area (Å²) < 4.78 is 0. The fourth-order valence-corrected chi connectivity index (χ4v) is 3.98. The summed E-state index contributed by atoms with van der Waals surface area (Å²) in [7, 11) is 0. The van der Waals surface area contributed by atoms with E-state index in [0.717, 1.165) is 23.8 Å². The summed E-state index contributed by atoms with van der Waals surface area (Å²) in [6.45, 7) is 3.67. The molecular formula is C15H24N2S. The molecule has 0 amide bonds. The normalized spacial score (nSPS) is 32.6. The van der Waals surface area contributed by atoms with Gasteiger partial charge in [0.2, 0.25) is 0 Å². The van der Waals surface area contributed by atoms with Gasteiger partial charge in [-0.3, -0.25) is 4.98 Å². The molecule has 1 N–H and O–H groups in total. The van der Waals surface area contributed by atoms with Gasteiger partial charge < -0.3 is 5.32 Å². The molecule has 18 heavy (non-hydrogen) atoms. The predicted octanol–water partition coefficient (Wildman–Crippen LogP) is 3.49. The molecule has 3 unspecified atom stereocenters. The highest BCUT2D eigenvalue weighted by molar-refractivity contribution is 7.09. The van der Waals surface area contributed by atoms with Crippen LogP contribution < -0.4 is 5.32 Å². The van der Waals surface area contributed by atoms with Crippen LogP contribution in [0.5, 0.6) is 0 Å². The zero-order valence-electron chi connectivity index (χ0n) is 11.3. The van der Waals surface area contributed by atoms with Crippen LogP contribution in [0.25, 0.3) is 0 Å². The smallest absolute Gasteiger partial charge is 0.0794 e.